The fourth-order valence-corrected chi connectivity index (χ4v) is 5.02. The standard InChI is InChI=1S/C22H33N3O/c1-17(2)23-11-13-24(14-12-23)22(26)18-7-9-21(10-8-18)25-15-19-5-3-4-6-20(19)16-25/h3-6,17-18,21H,7-16H2,1-2H3. The summed E-state index contributed by atoms with van der Waals surface area (Å²) >= 11 is 0. The van der Waals surface area contributed by atoms with Crippen molar-refractivity contribution in [2.45, 2.75) is 64.7 Å². The molecule has 142 valence electrons. The first-order chi connectivity index (χ1) is 12.6. The van der Waals surface area contributed by atoms with E-state index < -0.39 is 0 Å². The van der Waals surface area contributed by atoms with Gasteiger partial charge in [0.15, 0.2) is 0 Å². The fraction of sp³-hybridized carbons (Fsp3) is 0.682. The summed E-state index contributed by atoms with van der Waals surface area (Å²) in [5.41, 5.74) is 2.99. The van der Waals surface area contributed by atoms with Gasteiger partial charge in [0, 0.05) is 57.3 Å². The number of benzene rings is 1. The molecule has 3 aliphatic rings. The van der Waals surface area contributed by atoms with Crippen LogP contribution in [0.15, 0.2) is 24.3 Å². The summed E-state index contributed by atoms with van der Waals surface area (Å²) < 4.78 is 0. The number of carbonyl (C=O) groups is 1. The molecule has 4 heteroatoms. The molecule has 0 radical (unpaired) electrons. The van der Waals surface area contributed by atoms with E-state index in [9.17, 15) is 4.79 Å². The van der Waals surface area contributed by atoms with E-state index in [1.165, 1.54) is 24.0 Å². The minimum absolute atomic E-state index is 0.266. The molecule has 4 nitrogen and oxygen atoms in total. The van der Waals surface area contributed by atoms with Gasteiger partial charge in [0.25, 0.3) is 0 Å². The van der Waals surface area contributed by atoms with Crippen LogP contribution in [0.1, 0.15) is 50.7 Å². The lowest BCUT2D eigenvalue weighted by Gasteiger charge is -2.40. The first kappa shape index (κ1) is 18.0. The molecule has 2 aliphatic heterocycles. The minimum atomic E-state index is 0.266. The van der Waals surface area contributed by atoms with Crippen LogP contribution in [0.4, 0.5) is 0 Å². The molecule has 0 atom stereocenters. The predicted molar refractivity (Wildman–Crippen MR) is 105 cm³/mol. The van der Waals surface area contributed by atoms with E-state index in [0.29, 0.717) is 18.0 Å². The maximum Gasteiger partial charge on any atom is 0.225 e. The lowest BCUT2D eigenvalue weighted by molar-refractivity contribution is -0.139. The van der Waals surface area contributed by atoms with Gasteiger partial charge in [-0.15, -0.1) is 0 Å². The van der Waals surface area contributed by atoms with E-state index in [2.05, 4.69) is 52.8 Å². The van der Waals surface area contributed by atoms with Crippen LogP contribution >= 0.6 is 0 Å². The van der Waals surface area contributed by atoms with Crippen LogP contribution in [0.3, 0.4) is 0 Å². The van der Waals surface area contributed by atoms with Crippen molar-refractivity contribution in [2.75, 3.05) is 26.2 Å². The highest BCUT2D eigenvalue weighted by Crippen LogP contribution is 2.33. The molecule has 0 spiro atoms. The van der Waals surface area contributed by atoms with Gasteiger partial charge in [-0.05, 0) is 50.7 Å². The zero-order valence-electron chi connectivity index (χ0n) is 16.4. The van der Waals surface area contributed by atoms with Crippen LogP contribution in [-0.2, 0) is 17.9 Å². The van der Waals surface area contributed by atoms with Crippen molar-refractivity contribution in [1.82, 2.24) is 14.7 Å². The number of amides is 1. The highest BCUT2D eigenvalue weighted by molar-refractivity contribution is 5.79. The van der Waals surface area contributed by atoms with Gasteiger partial charge in [0.05, 0.1) is 0 Å². The van der Waals surface area contributed by atoms with Gasteiger partial charge >= 0.3 is 0 Å². The van der Waals surface area contributed by atoms with E-state index in [1.807, 2.05) is 0 Å². The van der Waals surface area contributed by atoms with Crippen molar-refractivity contribution >= 4 is 5.91 Å². The second-order valence-corrected chi connectivity index (χ2v) is 8.63. The van der Waals surface area contributed by atoms with Gasteiger partial charge < -0.3 is 4.90 Å². The molecule has 26 heavy (non-hydrogen) atoms. The quantitative estimate of drug-likeness (QED) is 0.833. The van der Waals surface area contributed by atoms with Gasteiger partial charge in [-0.1, -0.05) is 24.3 Å². The molecular formula is C22H33N3O. The normalized spacial score (nSPS) is 27.7. The number of fused-ring (bicyclic) bond motifs is 1. The van der Waals surface area contributed by atoms with Gasteiger partial charge in [-0.25, -0.2) is 0 Å². The molecule has 0 aromatic heterocycles. The van der Waals surface area contributed by atoms with E-state index in [0.717, 1.165) is 52.1 Å². The third-order valence-corrected chi connectivity index (χ3v) is 6.78. The summed E-state index contributed by atoms with van der Waals surface area (Å²) in [6, 6.07) is 10.1. The monoisotopic (exact) mass is 355 g/mol. The Bertz CT molecular complexity index is 603. The largest absolute Gasteiger partial charge is 0.340 e. The van der Waals surface area contributed by atoms with Crippen LogP contribution < -0.4 is 0 Å². The molecule has 1 saturated carbocycles. The van der Waals surface area contributed by atoms with E-state index in [4.69, 9.17) is 0 Å². The van der Waals surface area contributed by atoms with Crippen LogP contribution in [0.5, 0.6) is 0 Å². The number of carbonyl (C=O) groups excluding carboxylic acids is 1. The molecule has 1 aliphatic carbocycles. The molecule has 2 heterocycles. The molecule has 1 amide bonds. The Hall–Kier alpha value is -1.39. The number of nitrogens with zero attached hydrogens (tertiary/aromatic N) is 3. The van der Waals surface area contributed by atoms with Crippen molar-refractivity contribution in [3.63, 3.8) is 0 Å². The van der Waals surface area contributed by atoms with Crippen molar-refractivity contribution in [3.05, 3.63) is 35.4 Å². The highest BCUT2D eigenvalue weighted by Gasteiger charge is 2.34. The van der Waals surface area contributed by atoms with Gasteiger partial charge in [0.2, 0.25) is 5.91 Å². The summed E-state index contributed by atoms with van der Waals surface area (Å²) in [4.78, 5) is 20.2. The maximum atomic E-state index is 12.9. The Balaban J connectivity index is 1.26. The lowest BCUT2D eigenvalue weighted by Crippen LogP contribution is -2.52. The first-order valence-corrected chi connectivity index (χ1v) is 10.5. The third kappa shape index (κ3) is 3.67. The Labute approximate surface area is 158 Å². The third-order valence-electron chi connectivity index (χ3n) is 6.78. The van der Waals surface area contributed by atoms with Crippen LogP contribution in [0.2, 0.25) is 0 Å². The zero-order valence-corrected chi connectivity index (χ0v) is 16.4. The first-order valence-electron chi connectivity index (χ1n) is 10.5. The van der Waals surface area contributed by atoms with E-state index in [1.54, 1.807) is 0 Å². The fourth-order valence-electron chi connectivity index (χ4n) is 5.02. The smallest absolute Gasteiger partial charge is 0.225 e. The van der Waals surface area contributed by atoms with Crippen LogP contribution in [0.25, 0.3) is 0 Å². The van der Waals surface area contributed by atoms with Crippen LogP contribution in [0, 0.1) is 5.92 Å². The number of hydrogen-bond donors (Lipinski definition) is 0. The lowest BCUT2D eigenvalue weighted by atomic mass is 9.84. The average Bonchev–Trinajstić information content (AvgIpc) is 3.12. The zero-order chi connectivity index (χ0) is 18.1. The summed E-state index contributed by atoms with van der Waals surface area (Å²) in [5.74, 6) is 0.693. The molecule has 1 saturated heterocycles. The Morgan fingerprint density at radius 1 is 0.923 bits per heavy atom. The SMILES string of the molecule is CC(C)N1CCN(C(=O)C2CCC(N3Cc4ccccc4C3)CC2)CC1. The maximum absolute atomic E-state index is 12.9. The second-order valence-electron chi connectivity index (χ2n) is 8.63. The predicted octanol–water partition coefficient (Wildman–Crippen LogP) is 3.11. The van der Waals surface area contributed by atoms with E-state index in [-0.39, 0.29) is 5.92 Å². The Kier molecular flexibility index (Phi) is 5.32. The number of hydrogen-bond acceptors (Lipinski definition) is 3. The van der Waals surface area contributed by atoms with Gasteiger partial charge in [-0.2, -0.15) is 0 Å². The molecule has 0 bridgehead atoms. The van der Waals surface area contributed by atoms with E-state index >= 15 is 0 Å². The summed E-state index contributed by atoms with van der Waals surface area (Å²) in [6.07, 6.45) is 4.49. The summed E-state index contributed by atoms with van der Waals surface area (Å²) in [6.45, 7) is 10.6. The van der Waals surface area contributed by atoms with Crippen molar-refractivity contribution in [1.29, 1.82) is 0 Å². The molecule has 1 aromatic carbocycles. The van der Waals surface area contributed by atoms with Gasteiger partial charge in [0.1, 0.15) is 0 Å². The molecular weight excluding hydrogens is 322 g/mol. The van der Waals surface area contributed by atoms with Crippen LogP contribution in [-0.4, -0.2) is 58.9 Å². The van der Waals surface area contributed by atoms with Gasteiger partial charge in [-0.3, -0.25) is 14.6 Å². The Morgan fingerprint density at radius 2 is 1.50 bits per heavy atom. The second kappa shape index (κ2) is 7.69. The number of piperazine rings is 1. The number of rotatable bonds is 3. The average molecular weight is 356 g/mol. The summed E-state index contributed by atoms with van der Waals surface area (Å²) in [7, 11) is 0. The summed E-state index contributed by atoms with van der Waals surface area (Å²) in [5, 5.41) is 0. The molecule has 4 rings (SSSR count). The molecule has 0 N–H and O–H groups in total. The minimum Gasteiger partial charge on any atom is -0.340 e. The molecule has 2 fully saturated rings. The molecule has 1 aromatic rings. The Morgan fingerprint density at radius 3 is 2.04 bits per heavy atom. The van der Waals surface area contributed by atoms with Crippen molar-refractivity contribution in [3.8, 4) is 0 Å². The van der Waals surface area contributed by atoms with Crippen molar-refractivity contribution in [2.24, 2.45) is 5.92 Å². The highest BCUT2D eigenvalue weighted by atomic mass is 16.2. The topological polar surface area (TPSA) is 26.8 Å². The van der Waals surface area contributed by atoms with Crippen molar-refractivity contribution < 1.29 is 4.79 Å². The molecule has 0 unspecified atom stereocenters.